The van der Waals surface area contributed by atoms with Crippen molar-refractivity contribution in [2.24, 2.45) is 16.9 Å². The molecule has 0 bridgehead atoms. The minimum absolute atomic E-state index is 0.485. The van der Waals surface area contributed by atoms with E-state index in [1.54, 1.807) is 0 Å². The van der Waals surface area contributed by atoms with Gasteiger partial charge in [-0.3, -0.25) is 0 Å². The molecule has 1 fully saturated rings. The highest BCUT2D eigenvalue weighted by Gasteiger charge is 2.31. The summed E-state index contributed by atoms with van der Waals surface area (Å²) in [6.45, 7) is 25.7. The highest BCUT2D eigenvalue weighted by molar-refractivity contribution is 4.85. The standard InChI is InChI=1S/C9H20N2.C4H8.2C3H8.C2H6.C2H4/c10-7-3-6-9(8-11)4-1-2-5-9;1-3-4-2;2*1-3-2;2*1-2/h1-8,10-11H2;3H,1,4H2,2H3;2*3H2,1-2H3;1-2H3;1-2H2. The Balaban J connectivity index is -0.0000000798. The number of hydrogen-bond acceptors (Lipinski definition) is 2. The Hall–Kier alpha value is -0.600. The zero-order valence-electron chi connectivity index (χ0n) is 19.1. The fourth-order valence-electron chi connectivity index (χ4n) is 2.16. The Morgan fingerprint density at radius 3 is 1.40 bits per heavy atom. The van der Waals surface area contributed by atoms with Crippen molar-refractivity contribution >= 4 is 0 Å². The van der Waals surface area contributed by atoms with Gasteiger partial charge in [0.05, 0.1) is 0 Å². The molecule has 1 aliphatic carbocycles. The highest BCUT2D eigenvalue weighted by atomic mass is 14.6. The van der Waals surface area contributed by atoms with Crippen molar-refractivity contribution in [2.45, 2.75) is 106 Å². The minimum atomic E-state index is 0.485. The third-order valence-electron chi connectivity index (χ3n) is 3.30. The summed E-state index contributed by atoms with van der Waals surface area (Å²) in [4.78, 5) is 0. The van der Waals surface area contributed by atoms with Gasteiger partial charge in [-0.15, -0.1) is 19.7 Å². The Bertz CT molecular complexity index is 183. The number of nitrogens with two attached hydrogens (primary N) is 2. The third-order valence-corrected chi connectivity index (χ3v) is 3.30. The van der Waals surface area contributed by atoms with Crippen LogP contribution in [0.15, 0.2) is 25.8 Å². The lowest BCUT2D eigenvalue weighted by molar-refractivity contribution is 0.277. The number of allylic oxidation sites excluding steroid dienone is 1. The summed E-state index contributed by atoms with van der Waals surface area (Å²) in [7, 11) is 0. The first-order valence-corrected chi connectivity index (χ1v) is 10.6. The van der Waals surface area contributed by atoms with Crippen molar-refractivity contribution in [1.82, 2.24) is 0 Å². The second-order valence-corrected chi connectivity index (χ2v) is 5.91. The van der Waals surface area contributed by atoms with Crippen LogP contribution in [0.4, 0.5) is 0 Å². The Morgan fingerprint density at radius 2 is 1.20 bits per heavy atom. The second kappa shape index (κ2) is 38.8. The molecule has 0 heterocycles. The predicted octanol–water partition coefficient (Wildman–Crippen LogP) is 7.49. The van der Waals surface area contributed by atoms with E-state index < -0.39 is 0 Å². The SMILES string of the molecule is C=C.C=CCC.CC.CCC.CCC.NCCCC1(CN)CCCC1. The summed E-state index contributed by atoms with van der Waals surface area (Å²) >= 11 is 0. The fourth-order valence-corrected chi connectivity index (χ4v) is 2.16. The zero-order valence-corrected chi connectivity index (χ0v) is 19.1. The molecule has 2 heteroatoms. The van der Waals surface area contributed by atoms with Gasteiger partial charge >= 0.3 is 0 Å². The summed E-state index contributed by atoms with van der Waals surface area (Å²) in [5.41, 5.74) is 11.7. The maximum absolute atomic E-state index is 5.77. The van der Waals surface area contributed by atoms with E-state index in [1.165, 1.54) is 44.9 Å². The van der Waals surface area contributed by atoms with Crippen molar-refractivity contribution in [3.8, 4) is 0 Å². The number of rotatable bonds is 5. The molecular weight excluding hydrogens is 304 g/mol. The van der Waals surface area contributed by atoms with Gasteiger partial charge in [-0.2, -0.15) is 0 Å². The molecule has 1 saturated carbocycles. The van der Waals surface area contributed by atoms with Gasteiger partial charge < -0.3 is 11.5 Å². The van der Waals surface area contributed by atoms with Crippen LogP contribution in [0.1, 0.15) is 106 Å². The van der Waals surface area contributed by atoms with Crippen molar-refractivity contribution in [3.05, 3.63) is 25.8 Å². The van der Waals surface area contributed by atoms with Crippen LogP contribution in [0.25, 0.3) is 0 Å². The van der Waals surface area contributed by atoms with Gasteiger partial charge in [-0.1, -0.05) is 80.2 Å². The van der Waals surface area contributed by atoms with E-state index in [2.05, 4.69) is 54.4 Å². The molecular formula is C23H54N2. The van der Waals surface area contributed by atoms with Crippen LogP contribution < -0.4 is 11.5 Å². The lowest BCUT2D eigenvalue weighted by Crippen LogP contribution is -2.27. The molecule has 4 N–H and O–H groups in total. The molecule has 0 radical (unpaired) electrons. The maximum Gasteiger partial charge on any atom is -0.00205 e. The maximum atomic E-state index is 5.77. The highest BCUT2D eigenvalue weighted by Crippen LogP contribution is 2.40. The fraction of sp³-hybridized carbons (Fsp3) is 0.826. The van der Waals surface area contributed by atoms with Crippen LogP contribution in [-0.2, 0) is 0 Å². The summed E-state index contributed by atoms with van der Waals surface area (Å²) in [6, 6.07) is 0. The minimum Gasteiger partial charge on any atom is -0.330 e. The monoisotopic (exact) mass is 358 g/mol. The van der Waals surface area contributed by atoms with E-state index in [0.717, 1.165) is 25.9 Å². The first kappa shape index (κ1) is 35.5. The predicted molar refractivity (Wildman–Crippen MR) is 123 cm³/mol. The summed E-state index contributed by atoms with van der Waals surface area (Å²) < 4.78 is 0. The van der Waals surface area contributed by atoms with Gasteiger partial charge in [0.2, 0.25) is 0 Å². The quantitative estimate of drug-likeness (QED) is 0.500. The van der Waals surface area contributed by atoms with Crippen molar-refractivity contribution in [1.29, 1.82) is 0 Å². The van der Waals surface area contributed by atoms with E-state index in [4.69, 9.17) is 11.5 Å². The van der Waals surface area contributed by atoms with Crippen LogP contribution in [0.3, 0.4) is 0 Å². The van der Waals surface area contributed by atoms with Gasteiger partial charge in [0, 0.05) is 0 Å². The van der Waals surface area contributed by atoms with Crippen molar-refractivity contribution in [3.63, 3.8) is 0 Å². The third kappa shape index (κ3) is 35.4. The Morgan fingerprint density at radius 1 is 0.880 bits per heavy atom. The molecule has 0 aromatic heterocycles. The Labute approximate surface area is 162 Å². The second-order valence-electron chi connectivity index (χ2n) is 5.91. The largest absolute Gasteiger partial charge is 0.330 e. The van der Waals surface area contributed by atoms with Crippen LogP contribution >= 0.6 is 0 Å². The van der Waals surface area contributed by atoms with Crippen LogP contribution in [0.5, 0.6) is 0 Å². The topological polar surface area (TPSA) is 52.0 Å². The van der Waals surface area contributed by atoms with E-state index in [9.17, 15) is 0 Å². The lowest BCUT2D eigenvalue weighted by atomic mass is 9.82. The molecule has 0 saturated heterocycles. The smallest absolute Gasteiger partial charge is 0.00205 e. The molecule has 1 rings (SSSR count). The summed E-state index contributed by atoms with van der Waals surface area (Å²) in [6.07, 6.45) is 13.3. The molecule has 0 atom stereocenters. The van der Waals surface area contributed by atoms with E-state index in [-0.39, 0.29) is 0 Å². The van der Waals surface area contributed by atoms with Crippen molar-refractivity contribution in [2.75, 3.05) is 13.1 Å². The molecule has 0 aromatic rings. The lowest BCUT2D eigenvalue weighted by Gasteiger charge is -2.26. The van der Waals surface area contributed by atoms with Gasteiger partial charge in [0.25, 0.3) is 0 Å². The van der Waals surface area contributed by atoms with Crippen LogP contribution in [0, 0.1) is 5.41 Å². The van der Waals surface area contributed by atoms with Gasteiger partial charge in [-0.25, -0.2) is 0 Å². The van der Waals surface area contributed by atoms with E-state index in [0.29, 0.717) is 5.41 Å². The molecule has 0 aromatic carbocycles. The molecule has 2 nitrogen and oxygen atoms in total. The van der Waals surface area contributed by atoms with E-state index in [1.807, 2.05) is 19.9 Å². The molecule has 156 valence electrons. The van der Waals surface area contributed by atoms with Crippen LogP contribution in [0.2, 0.25) is 0 Å². The zero-order chi connectivity index (χ0) is 21.0. The average molecular weight is 359 g/mol. The van der Waals surface area contributed by atoms with Gasteiger partial charge in [-0.05, 0) is 50.6 Å². The average Bonchev–Trinajstić information content (AvgIpc) is 3.14. The van der Waals surface area contributed by atoms with Gasteiger partial charge in [0.1, 0.15) is 0 Å². The molecule has 0 unspecified atom stereocenters. The molecule has 0 spiro atoms. The van der Waals surface area contributed by atoms with Crippen molar-refractivity contribution < 1.29 is 0 Å². The molecule has 1 aliphatic rings. The Kier molecular flexibility index (Phi) is 55.1. The van der Waals surface area contributed by atoms with Gasteiger partial charge in [0.15, 0.2) is 0 Å². The molecule has 25 heavy (non-hydrogen) atoms. The first-order valence-electron chi connectivity index (χ1n) is 10.6. The van der Waals surface area contributed by atoms with Crippen LogP contribution in [-0.4, -0.2) is 13.1 Å². The normalized spacial score (nSPS) is 12.7. The molecule has 0 aliphatic heterocycles. The first-order chi connectivity index (χ1) is 12.1. The number of hydrogen-bond donors (Lipinski definition) is 2. The molecule has 0 amide bonds. The van der Waals surface area contributed by atoms with E-state index >= 15 is 0 Å². The summed E-state index contributed by atoms with van der Waals surface area (Å²) in [5.74, 6) is 0. The summed E-state index contributed by atoms with van der Waals surface area (Å²) in [5, 5.41) is 0.